The largest absolute Gasteiger partial charge is 0.465 e. The highest BCUT2D eigenvalue weighted by Gasteiger charge is 2.19. The molecule has 0 radical (unpaired) electrons. The lowest BCUT2D eigenvalue weighted by atomic mass is 10.0. The van der Waals surface area contributed by atoms with Crippen LogP contribution in [0.15, 0.2) is 30.5 Å². The zero-order valence-corrected chi connectivity index (χ0v) is 11.5. The maximum Gasteiger partial charge on any atom is 0.338 e. The van der Waals surface area contributed by atoms with E-state index in [0.29, 0.717) is 26.7 Å². The number of ether oxygens (including phenoxy) is 1. The summed E-state index contributed by atoms with van der Waals surface area (Å²) in [5.74, 6) is -0.327. The molecule has 4 nitrogen and oxygen atoms in total. The molecule has 2 aromatic rings. The van der Waals surface area contributed by atoms with Gasteiger partial charge in [0, 0.05) is 17.3 Å². The van der Waals surface area contributed by atoms with Gasteiger partial charge in [-0.05, 0) is 12.1 Å². The Kier molecular flexibility index (Phi) is 3.93. The summed E-state index contributed by atoms with van der Waals surface area (Å²) in [6, 6.07) is 6.61. The first kappa shape index (κ1) is 13.6. The number of benzene rings is 1. The Bertz CT molecular complexity index is 645. The van der Waals surface area contributed by atoms with Crippen molar-refractivity contribution in [2.24, 2.45) is 0 Å². The van der Waals surface area contributed by atoms with Crippen LogP contribution in [0.2, 0.25) is 10.0 Å². The molecule has 0 bridgehead atoms. The summed E-state index contributed by atoms with van der Waals surface area (Å²) in [7, 11) is 1.29. The maximum atomic E-state index is 11.8. The molecule has 0 saturated heterocycles. The van der Waals surface area contributed by atoms with Crippen LogP contribution in [-0.4, -0.2) is 18.1 Å². The third-order valence-electron chi connectivity index (χ3n) is 2.61. The average molecular weight is 297 g/mol. The molecule has 19 heavy (non-hydrogen) atoms. The Morgan fingerprint density at radius 3 is 2.74 bits per heavy atom. The molecule has 1 heterocycles. The molecule has 0 saturated carbocycles. The molecule has 0 amide bonds. The number of nitrogens with zero attached hydrogens (tertiary/aromatic N) is 1. The molecule has 6 heteroatoms. The number of aromatic nitrogens is 1. The highest BCUT2D eigenvalue weighted by Crippen LogP contribution is 2.37. The Hall–Kier alpha value is -1.78. The number of methoxy groups -OCH3 is 1. The highest BCUT2D eigenvalue weighted by molar-refractivity contribution is 6.44. The van der Waals surface area contributed by atoms with Crippen molar-refractivity contribution in [1.29, 1.82) is 0 Å². The number of rotatable bonds is 2. The number of esters is 1. The maximum absolute atomic E-state index is 11.8. The number of nitrogens with two attached hydrogens (primary N) is 1. The number of halogens is 2. The van der Waals surface area contributed by atoms with Crippen molar-refractivity contribution in [2.75, 3.05) is 12.8 Å². The molecule has 98 valence electrons. The van der Waals surface area contributed by atoms with E-state index in [2.05, 4.69) is 4.98 Å². The first-order valence-electron chi connectivity index (χ1n) is 5.33. The van der Waals surface area contributed by atoms with Gasteiger partial charge in [0.15, 0.2) is 0 Å². The quantitative estimate of drug-likeness (QED) is 0.862. The van der Waals surface area contributed by atoms with Crippen molar-refractivity contribution in [3.05, 3.63) is 46.1 Å². The SMILES string of the molecule is COC(=O)c1ccnc(N)c1-c1cccc(Cl)c1Cl. The molecule has 0 aliphatic carbocycles. The van der Waals surface area contributed by atoms with Crippen molar-refractivity contribution < 1.29 is 9.53 Å². The zero-order valence-electron chi connectivity index (χ0n) is 9.98. The summed E-state index contributed by atoms with van der Waals surface area (Å²) >= 11 is 12.1. The predicted octanol–water partition coefficient (Wildman–Crippen LogP) is 3.42. The van der Waals surface area contributed by atoms with Gasteiger partial charge in [0.2, 0.25) is 0 Å². The fourth-order valence-corrected chi connectivity index (χ4v) is 2.13. The molecule has 0 unspecified atom stereocenters. The van der Waals surface area contributed by atoms with E-state index in [1.54, 1.807) is 18.2 Å². The van der Waals surface area contributed by atoms with Gasteiger partial charge in [-0.25, -0.2) is 9.78 Å². The number of anilines is 1. The summed E-state index contributed by atoms with van der Waals surface area (Å²) in [6.07, 6.45) is 1.43. The van der Waals surface area contributed by atoms with E-state index in [9.17, 15) is 4.79 Å². The molecular formula is C13H10Cl2N2O2. The third kappa shape index (κ3) is 2.50. The summed E-state index contributed by atoms with van der Waals surface area (Å²) in [5, 5.41) is 0.687. The van der Waals surface area contributed by atoms with Crippen molar-refractivity contribution >= 4 is 35.0 Å². The fraction of sp³-hybridized carbons (Fsp3) is 0.0769. The standard InChI is InChI=1S/C13H10Cl2N2O2/c1-19-13(18)8-5-6-17-12(16)10(8)7-3-2-4-9(14)11(7)15/h2-6H,1H3,(H2,16,17). The normalized spacial score (nSPS) is 10.3. The van der Waals surface area contributed by atoms with Gasteiger partial charge in [0.05, 0.1) is 22.7 Å². The van der Waals surface area contributed by atoms with Crippen LogP contribution in [0.4, 0.5) is 5.82 Å². The monoisotopic (exact) mass is 296 g/mol. The minimum atomic E-state index is -0.514. The van der Waals surface area contributed by atoms with E-state index in [1.165, 1.54) is 19.4 Å². The van der Waals surface area contributed by atoms with Gasteiger partial charge in [-0.3, -0.25) is 0 Å². The van der Waals surface area contributed by atoms with Gasteiger partial charge in [0.1, 0.15) is 5.82 Å². The number of hydrogen-bond acceptors (Lipinski definition) is 4. The topological polar surface area (TPSA) is 65.2 Å². The molecule has 1 aromatic carbocycles. The summed E-state index contributed by atoms with van der Waals surface area (Å²) in [6.45, 7) is 0. The fourth-order valence-electron chi connectivity index (χ4n) is 1.74. The Morgan fingerprint density at radius 1 is 1.32 bits per heavy atom. The lowest BCUT2D eigenvalue weighted by molar-refractivity contribution is 0.0601. The number of hydrogen-bond donors (Lipinski definition) is 1. The summed E-state index contributed by atoms with van der Waals surface area (Å²) in [4.78, 5) is 15.7. The van der Waals surface area contributed by atoms with E-state index < -0.39 is 5.97 Å². The molecule has 0 atom stereocenters. The number of nitrogen functional groups attached to an aromatic ring is 1. The van der Waals surface area contributed by atoms with Crippen molar-refractivity contribution in [2.45, 2.75) is 0 Å². The van der Waals surface area contributed by atoms with Gasteiger partial charge >= 0.3 is 5.97 Å². The molecular weight excluding hydrogens is 287 g/mol. The first-order valence-corrected chi connectivity index (χ1v) is 6.09. The molecule has 0 spiro atoms. The Balaban J connectivity index is 2.74. The summed E-state index contributed by atoms with van der Waals surface area (Å²) < 4.78 is 4.73. The second-order valence-corrected chi connectivity index (χ2v) is 4.50. The Labute approximate surface area is 120 Å². The van der Waals surface area contributed by atoms with Gasteiger partial charge in [-0.2, -0.15) is 0 Å². The minimum absolute atomic E-state index is 0.187. The van der Waals surface area contributed by atoms with Gasteiger partial charge in [-0.15, -0.1) is 0 Å². The van der Waals surface area contributed by atoms with Crippen LogP contribution in [0.25, 0.3) is 11.1 Å². The molecule has 1 aromatic heterocycles. The average Bonchev–Trinajstić information content (AvgIpc) is 2.41. The van der Waals surface area contributed by atoms with Crippen LogP contribution in [0, 0.1) is 0 Å². The molecule has 0 aliphatic rings. The zero-order chi connectivity index (χ0) is 14.0. The van der Waals surface area contributed by atoms with Crippen molar-refractivity contribution in [1.82, 2.24) is 4.98 Å². The lowest BCUT2D eigenvalue weighted by Gasteiger charge is -2.12. The van der Waals surface area contributed by atoms with Gasteiger partial charge in [-0.1, -0.05) is 35.3 Å². The minimum Gasteiger partial charge on any atom is -0.465 e. The first-order chi connectivity index (χ1) is 9.06. The third-order valence-corrected chi connectivity index (χ3v) is 3.43. The molecule has 2 rings (SSSR count). The van der Waals surface area contributed by atoms with Gasteiger partial charge < -0.3 is 10.5 Å². The lowest BCUT2D eigenvalue weighted by Crippen LogP contribution is -2.07. The molecule has 0 fully saturated rings. The van der Waals surface area contributed by atoms with E-state index in [0.717, 1.165) is 0 Å². The number of carbonyl (C=O) groups excluding carboxylic acids is 1. The van der Waals surface area contributed by atoms with Crippen LogP contribution in [0.5, 0.6) is 0 Å². The van der Waals surface area contributed by atoms with Crippen LogP contribution in [-0.2, 0) is 4.74 Å². The van der Waals surface area contributed by atoms with Crippen molar-refractivity contribution in [3.63, 3.8) is 0 Å². The van der Waals surface area contributed by atoms with E-state index in [-0.39, 0.29) is 5.82 Å². The van der Waals surface area contributed by atoms with Crippen LogP contribution >= 0.6 is 23.2 Å². The number of pyridine rings is 1. The smallest absolute Gasteiger partial charge is 0.338 e. The predicted molar refractivity (Wildman–Crippen MR) is 75.4 cm³/mol. The van der Waals surface area contributed by atoms with Crippen LogP contribution < -0.4 is 5.73 Å². The van der Waals surface area contributed by atoms with Crippen LogP contribution in [0.3, 0.4) is 0 Å². The van der Waals surface area contributed by atoms with E-state index >= 15 is 0 Å². The number of carbonyl (C=O) groups is 1. The van der Waals surface area contributed by atoms with Crippen molar-refractivity contribution in [3.8, 4) is 11.1 Å². The highest BCUT2D eigenvalue weighted by atomic mass is 35.5. The second-order valence-electron chi connectivity index (χ2n) is 3.71. The van der Waals surface area contributed by atoms with Crippen LogP contribution in [0.1, 0.15) is 10.4 Å². The second kappa shape index (κ2) is 5.47. The van der Waals surface area contributed by atoms with Gasteiger partial charge in [0.25, 0.3) is 0 Å². The molecule has 0 aliphatic heterocycles. The van der Waals surface area contributed by atoms with E-state index in [4.69, 9.17) is 33.7 Å². The summed E-state index contributed by atoms with van der Waals surface area (Å²) in [5.41, 5.74) is 7.10. The molecule has 2 N–H and O–H groups in total. The van der Waals surface area contributed by atoms with E-state index in [1.807, 2.05) is 0 Å². The Morgan fingerprint density at radius 2 is 2.05 bits per heavy atom.